The average molecular weight is 595 g/mol. The second kappa shape index (κ2) is 9.99. The molecule has 3 aromatic rings. The topological polar surface area (TPSA) is 92.9 Å². The van der Waals surface area contributed by atoms with Crippen molar-refractivity contribution in [1.29, 1.82) is 0 Å². The molecule has 3 aliphatic rings. The Morgan fingerprint density at radius 2 is 1.68 bits per heavy atom. The molecule has 3 atom stereocenters. The lowest BCUT2D eigenvalue weighted by Crippen LogP contribution is -2.46. The second-order valence-corrected chi connectivity index (χ2v) is 11.3. The lowest BCUT2D eigenvalue weighted by molar-refractivity contribution is -0.137. The predicted octanol–water partition coefficient (Wildman–Crippen LogP) is 7.60. The molecule has 2 saturated heterocycles. The molecule has 6 rings (SSSR count). The maximum absolute atomic E-state index is 13.9. The maximum atomic E-state index is 13.9. The molecule has 2 aliphatic heterocycles. The number of carboxylic acids is 1. The lowest BCUT2D eigenvalue weighted by Gasteiger charge is -2.41. The number of ether oxygens (including phenoxy) is 1. The second-order valence-electron chi connectivity index (χ2n) is 10.5. The highest BCUT2D eigenvalue weighted by Crippen LogP contribution is 2.48. The van der Waals surface area contributed by atoms with Crippen LogP contribution in [0.1, 0.15) is 76.5 Å². The van der Waals surface area contributed by atoms with Gasteiger partial charge in [0.1, 0.15) is 17.4 Å². The molecule has 2 bridgehead atoms. The van der Waals surface area contributed by atoms with E-state index < -0.39 is 35.3 Å². The number of carboxylic acid groups (broad SMARTS) is 1. The summed E-state index contributed by atoms with van der Waals surface area (Å²) in [4.78, 5) is 26.6. The summed E-state index contributed by atoms with van der Waals surface area (Å²) in [5.41, 5.74) is -0.721. The molecule has 40 heavy (non-hydrogen) atoms. The minimum absolute atomic E-state index is 0.0395. The maximum Gasteiger partial charge on any atom is 0.418 e. The first-order chi connectivity index (χ1) is 19.0. The molecular weight excluding hydrogens is 572 g/mol. The Balaban J connectivity index is 1.26. The van der Waals surface area contributed by atoms with Gasteiger partial charge in [0.2, 0.25) is 0 Å². The molecule has 1 saturated carbocycles. The number of nitrogens with zero attached hydrogens (tertiary/aromatic N) is 2. The number of hydrogen-bond acceptors (Lipinski definition) is 6. The SMILES string of the molecule is O=C(O)c1ccc(N2[C@@H]3CC[C@H]2CC(OC(=O)c2c(-c4c(Cl)cccc4Cl)noc2C2CC2)C3)c(C(F)(F)F)c1. The minimum Gasteiger partial charge on any atom is -0.478 e. The molecule has 7 nitrogen and oxygen atoms in total. The Kier molecular flexibility index (Phi) is 6.73. The highest BCUT2D eigenvalue weighted by atomic mass is 35.5. The van der Waals surface area contributed by atoms with E-state index in [0.717, 1.165) is 12.8 Å². The molecule has 1 N–H and O–H groups in total. The third-order valence-electron chi connectivity index (χ3n) is 7.86. The third kappa shape index (κ3) is 4.81. The van der Waals surface area contributed by atoms with Crippen LogP contribution >= 0.6 is 23.2 Å². The zero-order valence-corrected chi connectivity index (χ0v) is 22.4. The minimum atomic E-state index is -4.73. The fraction of sp³-hybridized carbons (Fsp3) is 0.393. The van der Waals surface area contributed by atoms with Crippen molar-refractivity contribution in [1.82, 2.24) is 5.16 Å². The van der Waals surface area contributed by atoms with E-state index in [0.29, 0.717) is 53.1 Å². The molecule has 1 aliphatic carbocycles. The van der Waals surface area contributed by atoms with Crippen molar-refractivity contribution in [3.63, 3.8) is 0 Å². The summed E-state index contributed by atoms with van der Waals surface area (Å²) in [5.74, 6) is -1.60. The number of fused-ring (bicyclic) bond motifs is 2. The fourth-order valence-electron chi connectivity index (χ4n) is 5.97. The zero-order chi connectivity index (χ0) is 28.3. The van der Waals surface area contributed by atoms with E-state index in [1.165, 1.54) is 12.1 Å². The number of benzene rings is 2. The van der Waals surface area contributed by atoms with Crippen molar-refractivity contribution >= 4 is 40.8 Å². The summed E-state index contributed by atoms with van der Waals surface area (Å²) in [6, 6.07) is 7.41. The van der Waals surface area contributed by atoms with Crippen LogP contribution in [0.5, 0.6) is 0 Å². The van der Waals surface area contributed by atoms with Crippen molar-refractivity contribution in [2.45, 2.75) is 68.8 Å². The number of carbonyl (C=O) groups is 2. The fourth-order valence-corrected chi connectivity index (χ4v) is 6.54. The van der Waals surface area contributed by atoms with Crippen LogP contribution in [0.2, 0.25) is 10.0 Å². The number of halogens is 5. The Morgan fingerprint density at radius 1 is 1.02 bits per heavy atom. The molecule has 0 spiro atoms. The van der Waals surface area contributed by atoms with Crippen LogP contribution < -0.4 is 4.90 Å². The van der Waals surface area contributed by atoms with Crippen molar-refractivity contribution in [2.24, 2.45) is 0 Å². The number of carbonyl (C=O) groups excluding carboxylic acids is 1. The van der Waals surface area contributed by atoms with Gasteiger partial charge in [-0.3, -0.25) is 0 Å². The molecule has 210 valence electrons. The van der Waals surface area contributed by atoms with Crippen LogP contribution in [-0.4, -0.2) is 40.4 Å². The van der Waals surface area contributed by atoms with Crippen LogP contribution in [0.15, 0.2) is 40.9 Å². The Morgan fingerprint density at radius 3 is 2.25 bits per heavy atom. The van der Waals surface area contributed by atoms with Gasteiger partial charge in [0.15, 0.2) is 5.76 Å². The van der Waals surface area contributed by atoms with Gasteiger partial charge in [0.05, 0.1) is 21.2 Å². The molecule has 0 amide bonds. The van der Waals surface area contributed by atoms with E-state index in [9.17, 15) is 27.9 Å². The van der Waals surface area contributed by atoms with Gasteiger partial charge in [0, 0.05) is 42.1 Å². The highest BCUT2D eigenvalue weighted by molar-refractivity contribution is 6.39. The first kappa shape index (κ1) is 27.0. The van der Waals surface area contributed by atoms with Crippen LogP contribution in [0.3, 0.4) is 0 Å². The molecule has 0 radical (unpaired) electrons. The summed E-state index contributed by atoms with van der Waals surface area (Å²) in [5, 5.41) is 14.0. The number of aromatic carboxylic acids is 1. The molecular formula is C28H23Cl2F3N2O5. The number of anilines is 1. The van der Waals surface area contributed by atoms with Gasteiger partial charge >= 0.3 is 18.1 Å². The zero-order valence-electron chi connectivity index (χ0n) is 20.9. The van der Waals surface area contributed by atoms with E-state index in [2.05, 4.69) is 5.16 Å². The van der Waals surface area contributed by atoms with Gasteiger partial charge in [0.25, 0.3) is 0 Å². The van der Waals surface area contributed by atoms with E-state index in [1.54, 1.807) is 23.1 Å². The Hall–Kier alpha value is -3.24. The molecule has 1 aromatic heterocycles. The molecule has 12 heteroatoms. The number of aromatic nitrogens is 1. The standard InChI is InChI=1S/C28H23Cl2F3N2O5/c29-19-2-1-3-20(30)22(19)24-23(25(40-34-24)13-4-5-13)27(38)39-17-11-15-7-8-16(12-17)35(15)21-9-6-14(26(36)37)10-18(21)28(31,32)33/h1-3,6,9-10,13,15-17H,4-5,7-8,11-12H2,(H,36,37)/t15-,16+,17?. The third-order valence-corrected chi connectivity index (χ3v) is 8.49. The van der Waals surface area contributed by atoms with E-state index in [4.69, 9.17) is 32.5 Å². The van der Waals surface area contributed by atoms with E-state index in [1.807, 2.05) is 0 Å². The number of rotatable bonds is 6. The van der Waals surface area contributed by atoms with Gasteiger partial charge in [-0.2, -0.15) is 13.2 Å². The van der Waals surface area contributed by atoms with E-state index in [-0.39, 0.29) is 34.9 Å². The monoisotopic (exact) mass is 594 g/mol. The summed E-state index contributed by atoms with van der Waals surface area (Å²) >= 11 is 12.8. The van der Waals surface area contributed by atoms with Crippen molar-refractivity contribution < 1.29 is 37.1 Å². The Bertz CT molecular complexity index is 1470. The van der Waals surface area contributed by atoms with Crippen molar-refractivity contribution in [2.75, 3.05) is 4.90 Å². The Labute approximate surface area is 236 Å². The molecule has 3 heterocycles. The van der Waals surface area contributed by atoms with Crippen LogP contribution in [0.4, 0.5) is 18.9 Å². The highest BCUT2D eigenvalue weighted by Gasteiger charge is 2.46. The van der Waals surface area contributed by atoms with Crippen LogP contribution in [0, 0.1) is 0 Å². The number of piperidine rings is 1. The van der Waals surface area contributed by atoms with E-state index >= 15 is 0 Å². The number of hydrogen-bond donors (Lipinski definition) is 1. The van der Waals surface area contributed by atoms with Gasteiger partial charge in [-0.1, -0.05) is 34.4 Å². The molecule has 1 unspecified atom stereocenters. The number of esters is 1. The van der Waals surface area contributed by atoms with Crippen molar-refractivity contribution in [3.8, 4) is 11.3 Å². The van der Waals surface area contributed by atoms with Crippen LogP contribution in [-0.2, 0) is 10.9 Å². The molecule has 3 fully saturated rings. The average Bonchev–Trinajstić information content (AvgIpc) is 3.58. The van der Waals surface area contributed by atoms with Crippen LogP contribution in [0.25, 0.3) is 11.3 Å². The van der Waals surface area contributed by atoms with Gasteiger partial charge in [-0.15, -0.1) is 0 Å². The normalized spacial score (nSPS) is 22.4. The van der Waals surface area contributed by atoms with Crippen molar-refractivity contribution in [3.05, 3.63) is 68.9 Å². The smallest absolute Gasteiger partial charge is 0.418 e. The first-order valence-electron chi connectivity index (χ1n) is 12.9. The first-order valence-corrected chi connectivity index (χ1v) is 13.7. The summed E-state index contributed by atoms with van der Waals surface area (Å²) in [6.45, 7) is 0. The van der Waals surface area contributed by atoms with Gasteiger partial charge in [-0.05, 0) is 56.0 Å². The predicted molar refractivity (Wildman–Crippen MR) is 140 cm³/mol. The van der Waals surface area contributed by atoms with Gasteiger partial charge < -0.3 is 19.3 Å². The quantitative estimate of drug-likeness (QED) is 0.294. The summed E-state index contributed by atoms with van der Waals surface area (Å²) in [6.07, 6.45) is -1.68. The number of alkyl halides is 3. The largest absolute Gasteiger partial charge is 0.478 e. The molecule has 2 aromatic carbocycles. The van der Waals surface area contributed by atoms with Gasteiger partial charge in [-0.25, -0.2) is 9.59 Å². The summed E-state index contributed by atoms with van der Waals surface area (Å²) in [7, 11) is 0. The lowest BCUT2D eigenvalue weighted by atomic mass is 9.96. The summed E-state index contributed by atoms with van der Waals surface area (Å²) < 4.78 is 53.4.